The van der Waals surface area contributed by atoms with Crippen molar-refractivity contribution < 1.29 is 8.78 Å². The Labute approximate surface area is 121 Å². The topological polar surface area (TPSA) is 12.0 Å². The van der Waals surface area contributed by atoms with Crippen molar-refractivity contribution in [1.82, 2.24) is 0 Å². The molecule has 1 aliphatic rings. The average molecular weight is 294 g/mol. The third-order valence-corrected chi connectivity index (χ3v) is 3.84. The summed E-state index contributed by atoms with van der Waals surface area (Å²) in [7, 11) is 0. The highest BCUT2D eigenvalue weighted by Crippen LogP contribution is 2.43. The molecule has 0 radical (unpaired) electrons. The lowest BCUT2D eigenvalue weighted by atomic mass is 10.0. The Morgan fingerprint density at radius 3 is 2.15 bits per heavy atom. The van der Waals surface area contributed by atoms with Crippen LogP contribution in [0.4, 0.5) is 14.5 Å². The van der Waals surface area contributed by atoms with E-state index < -0.39 is 11.6 Å². The predicted molar refractivity (Wildman–Crippen MR) is 76.9 cm³/mol. The van der Waals surface area contributed by atoms with Gasteiger partial charge in [0.25, 0.3) is 0 Å². The maximum absolute atomic E-state index is 13.8. The number of hydrogen-bond acceptors (Lipinski definition) is 1. The summed E-state index contributed by atoms with van der Waals surface area (Å²) in [6.45, 7) is 0. The van der Waals surface area contributed by atoms with Gasteiger partial charge in [-0.15, -0.1) is 0 Å². The van der Waals surface area contributed by atoms with E-state index in [1.165, 1.54) is 18.2 Å². The fourth-order valence-corrected chi connectivity index (χ4v) is 2.49. The minimum absolute atomic E-state index is 0.0562. The van der Waals surface area contributed by atoms with Crippen LogP contribution in [0.5, 0.6) is 0 Å². The van der Waals surface area contributed by atoms with Gasteiger partial charge in [0.15, 0.2) is 0 Å². The molecule has 4 heteroatoms. The smallest absolute Gasteiger partial charge is 0.149 e. The fourth-order valence-electron chi connectivity index (χ4n) is 2.36. The summed E-state index contributed by atoms with van der Waals surface area (Å²) in [5, 5.41) is 3.67. The molecule has 1 nitrogen and oxygen atoms in total. The molecule has 1 atom stereocenters. The molecule has 20 heavy (non-hydrogen) atoms. The fraction of sp³-hybridized carbons (Fsp3) is 0.250. The standard InChI is InChI=1S/C16H14ClF2N/c17-12-8-6-11(7-9-12)15(10-4-5-10)20-16-13(18)2-1-3-14(16)19/h1-3,6-10,15,20H,4-5H2. The van der Waals surface area contributed by atoms with E-state index in [4.69, 9.17) is 11.6 Å². The molecule has 0 amide bonds. The van der Waals surface area contributed by atoms with E-state index in [1.54, 1.807) is 12.1 Å². The maximum atomic E-state index is 13.8. The quantitative estimate of drug-likeness (QED) is 0.819. The van der Waals surface area contributed by atoms with E-state index in [2.05, 4.69) is 5.32 Å². The van der Waals surface area contributed by atoms with Gasteiger partial charge >= 0.3 is 0 Å². The van der Waals surface area contributed by atoms with E-state index in [9.17, 15) is 8.78 Å². The molecule has 3 rings (SSSR count). The first kappa shape index (κ1) is 13.4. The molecule has 0 saturated heterocycles. The second kappa shape index (κ2) is 5.41. The van der Waals surface area contributed by atoms with E-state index in [0.717, 1.165) is 18.4 Å². The molecule has 0 aromatic heterocycles. The second-order valence-electron chi connectivity index (χ2n) is 5.11. The zero-order chi connectivity index (χ0) is 14.1. The third-order valence-electron chi connectivity index (χ3n) is 3.59. The number of benzene rings is 2. The van der Waals surface area contributed by atoms with Crippen LogP contribution in [-0.4, -0.2) is 0 Å². The van der Waals surface area contributed by atoms with Crippen molar-refractivity contribution in [2.75, 3.05) is 5.32 Å². The van der Waals surface area contributed by atoms with Gasteiger partial charge in [-0.3, -0.25) is 0 Å². The van der Waals surface area contributed by atoms with E-state index >= 15 is 0 Å². The van der Waals surface area contributed by atoms with Crippen molar-refractivity contribution in [2.24, 2.45) is 5.92 Å². The number of halogens is 3. The van der Waals surface area contributed by atoms with Gasteiger partial charge in [0.1, 0.15) is 17.3 Å². The Hall–Kier alpha value is -1.61. The van der Waals surface area contributed by atoms with Crippen molar-refractivity contribution in [1.29, 1.82) is 0 Å². The summed E-state index contributed by atoms with van der Waals surface area (Å²) < 4.78 is 27.5. The Morgan fingerprint density at radius 2 is 1.60 bits per heavy atom. The van der Waals surface area contributed by atoms with Crippen LogP contribution in [0.3, 0.4) is 0 Å². The Morgan fingerprint density at radius 1 is 1.00 bits per heavy atom. The van der Waals surface area contributed by atoms with Crippen molar-refractivity contribution >= 4 is 17.3 Å². The maximum Gasteiger partial charge on any atom is 0.149 e. The highest BCUT2D eigenvalue weighted by molar-refractivity contribution is 6.30. The molecule has 0 bridgehead atoms. The largest absolute Gasteiger partial charge is 0.373 e. The number of para-hydroxylation sites is 1. The number of hydrogen-bond donors (Lipinski definition) is 1. The summed E-state index contributed by atoms with van der Waals surface area (Å²) in [4.78, 5) is 0. The Kier molecular flexibility index (Phi) is 3.62. The van der Waals surface area contributed by atoms with Crippen molar-refractivity contribution in [3.05, 3.63) is 64.7 Å². The van der Waals surface area contributed by atoms with Gasteiger partial charge in [-0.2, -0.15) is 0 Å². The van der Waals surface area contributed by atoms with Gasteiger partial charge in [-0.05, 0) is 48.6 Å². The van der Waals surface area contributed by atoms with Crippen LogP contribution in [0.25, 0.3) is 0 Å². The molecule has 0 heterocycles. The summed E-state index contributed by atoms with van der Waals surface area (Å²) in [6.07, 6.45) is 2.13. The molecule has 1 unspecified atom stereocenters. The molecule has 1 aliphatic carbocycles. The summed E-state index contributed by atoms with van der Waals surface area (Å²) in [5.74, 6) is -0.718. The number of rotatable bonds is 4. The van der Waals surface area contributed by atoms with Gasteiger partial charge in [-0.1, -0.05) is 29.8 Å². The first-order valence-electron chi connectivity index (χ1n) is 6.61. The first-order chi connectivity index (χ1) is 9.65. The zero-order valence-electron chi connectivity index (χ0n) is 10.7. The molecular formula is C16H14ClF2N. The van der Waals surface area contributed by atoms with Crippen molar-refractivity contribution in [3.63, 3.8) is 0 Å². The number of anilines is 1. The lowest BCUT2D eigenvalue weighted by Gasteiger charge is -2.21. The molecule has 1 N–H and O–H groups in total. The zero-order valence-corrected chi connectivity index (χ0v) is 11.5. The minimum atomic E-state index is -0.565. The lowest BCUT2D eigenvalue weighted by Crippen LogP contribution is -2.15. The minimum Gasteiger partial charge on any atom is -0.373 e. The van der Waals surface area contributed by atoms with Crippen LogP contribution >= 0.6 is 11.6 Å². The predicted octanol–water partition coefficient (Wildman–Crippen LogP) is 5.18. The van der Waals surface area contributed by atoms with Crippen molar-refractivity contribution in [2.45, 2.75) is 18.9 Å². The molecule has 2 aromatic carbocycles. The van der Waals surface area contributed by atoms with Crippen LogP contribution in [0.15, 0.2) is 42.5 Å². The lowest BCUT2D eigenvalue weighted by molar-refractivity contribution is 0.575. The Bertz CT molecular complexity index is 588. The molecule has 104 valence electrons. The third kappa shape index (κ3) is 2.78. The van der Waals surface area contributed by atoms with Gasteiger partial charge in [0.2, 0.25) is 0 Å². The van der Waals surface area contributed by atoms with Crippen LogP contribution in [0.2, 0.25) is 5.02 Å². The van der Waals surface area contributed by atoms with Gasteiger partial charge < -0.3 is 5.32 Å². The first-order valence-corrected chi connectivity index (χ1v) is 6.99. The SMILES string of the molecule is Fc1cccc(F)c1NC(c1ccc(Cl)cc1)C1CC1. The van der Waals surface area contributed by atoms with E-state index in [1.807, 2.05) is 12.1 Å². The van der Waals surface area contributed by atoms with Crippen LogP contribution < -0.4 is 5.32 Å². The van der Waals surface area contributed by atoms with Crippen LogP contribution in [0, 0.1) is 17.6 Å². The number of nitrogens with one attached hydrogen (secondary N) is 1. The van der Waals surface area contributed by atoms with Gasteiger partial charge in [0.05, 0.1) is 6.04 Å². The second-order valence-corrected chi connectivity index (χ2v) is 5.54. The molecule has 1 saturated carbocycles. The van der Waals surface area contributed by atoms with Gasteiger partial charge in [0, 0.05) is 5.02 Å². The molecular weight excluding hydrogens is 280 g/mol. The average Bonchev–Trinajstić information content (AvgIpc) is 3.24. The Balaban J connectivity index is 1.90. The van der Waals surface area contributed by atoms with Gasteiger partial charge in [-0.25, -0.2) is 8.78 Å². The summed E-state index contributed by atoms with van der Waals surface area (Å²) in [6, 6.07) is 11.2. The van der Waals surface area contributed by atoms with Crippen molar-refractivity contribution in [3.8, 4) is 0 Å². The molecule has 0 aliphatic heterocycles. The van der Waals surface area contributed by atoms with E-state index in [-0.39, 0.29) is 11.7 Å². The van der Waals surface area contributed by atoms with E-state index in [0.29, 0.717) is 10.9 Å². The van der Waals surface area contributed by atoms with Crippen LogP contribution in [0.1, 0.15) is 24.4 Å². The molecule has 1 fully saturated rings. The highest BCUT2D eigenvalue weighted by Gasteiger charge is 2.33. The van der Waals surface area contributed by atoms with Crippen LogP contribution in [-0.2, 0) is 0 Å². The molecule has 2 aromatic rings. The normalized spacial score (nSPS) is 15.9. The highest BCUT2D eigenvalue weighted by atomic mass is 35.5. The summed E-state index contributed by atoms with van der Waals surface area (Å²) >= 11 is 5.88. The monoisotopic (exact) mass is 293 g/mol. The summed E-state index contributed by atoms with van der Waals surface area (Å²) in [5.41, 5.74) is 0.943. The molecule has 0 spiro atoms.